The standard InChI is InChI=1S/C13H18BrF2N3O/c1-3-7(2)17-9(20)6-19-12(8-4-5-8)10(14)11(18-19)13(15)16/h7-8,13H,3-6H2,1-2H3,(H,17,20). The van der Waals surface area contributed by atoms with E-state index in [0.29, 0.717) is 4.47 Å². The SMILES string of the molecule is CCC(C)NC(=O)Cn1nc(C(F)F)c(Br)c1C1CC1. The molecule has 1 heterocycles. The number of amides is 1. The molecule has 1 N–H and O–H groups in total. The Balaban J connectivity index is 2.18. The Morgan fingerprint density at radius 1 is 1.55 bits per heavy atom. The van der Waals surface area contributed by atoms with Crippen LogP contribution in [0.25, 0.3) is 0 Å². The van der Waals surface area contributed by atoms with Gasteiger partial charge in [0.1, 0.15) is 12.2 Å². The van der Waals surface area contributed by atoms with E-state index in [2.05, 4.69) is 26.3 Å². The maximum Gasteiger partial charge on any atom is 0.283 e. The van der Waals surface area contributed by atoms with Crippen LogP contribution >= 0.6 is 15.9 Å². The van der Waals surface area contributed by atoms with Crippen molar-refractivity contribution < 1.29 is 13.6 Å². The maximum atomic E-state index is 12.9. The number of carbonyl (C=O) groups is 1. The summed E-state index contributed by atoms with van der Waals surface area (Å²) in [7, 11) is 0. The molecule has 1 aromatic heterocycles. The molecular weight excluding hydrogens is 332 g/mol. The van der Waals surface area contributed by atoms with Gasteiger partial charge >= 0.3 is 0 Å². The van der Waals surface area contributed by atoms with Crippen molar-refractivity contribution in [1.82, 2.24) is 15.1 Å². The molecule has 0 aliphatic heterocycles. The van der Waals surface area contributed by atoms with E-state index in [4.69, 9.17) is 0 Å². The van der Waals surface area contributed by atoms with Crippen molar-refractivity contribution in [3.05, 3.63) is 15.9 Å². The maximum absolute atomic E-state index is 12.9. The number of hydrogen-bond donors (Lipinski definition) is 1. The molecule has 1 aromatic rings. The first-order valence-corrected chi connectivity index (χ1v) is 7.56. The van der Waals surface area contributed by atoms with Crippen LogP contribution in [0, 0.1) is 0 Å². The van der Waals surface area contributed by atoms with E-state index in [1.54, 1.807) is 0 Å². The lowest BCUT2D eigenvalue weighted by Gasteiger charge is -2.12. The first kappa shape index (κ1) is 15.4. The second-order valence-electron chi connectivity index (χ2n) is 5.19. The molecule has 1 aliphatic rings. The zero-order valence-corrected chi connectivity index (χ0v) is 13.1. The Kier molecular flexibility index (Phi) is 4.78. The molecule has 0 aromatic carbocycles. The normalized spacial score (nSPS) is 16.5. The summed E-state index contributed by atoms with van der Waals surface area (Å²) in [5.74, 6) is 0.0397. The number of rotatable bonds is 6. The number of carbonyl (C=O) groups excluding carboxylic acids is 1. The van der Waals surface area contributed by atoms with E-state index in [9.17, 15) is 13.6 Å². The van der Waals surface area contributed by atoms with Gasteiger partial charge in [0.15, 0.2) is 0 Å². The van der Waals surface area contributed by atoms with Gasteiger partial charge in [0, 0.05) is 12.0 Å². The molecule has 0 radical (unpaired) electrons. The highest BCUT2D eigenvalue weighted by Gasteiger charge is 2.34. The molecule has 1 atom stereocenters. The zero-order chi connectivity index (χ0) is 14.9. The third-order valence-electron chi connectivity index (χ3n) is 3.44. The smallest absolute Gasteiger partial charge is 0.283 e. The highest BCUT2D eigenvalue weighted by atomic mass is 79.9. The fraction of sp³-hybridized carbons (Fsp3) is 0.692. The molecule has 20 heavy (non-hydrogen) atoms. The predicted molar refractivity (Wildman–Crippen MR) is 74.8 cm³/mol. The fourth-order valence-electron chi connectivity index (χ4n) is 2.04. The Morgan fingerprint density at radius 3 is 2.70 bits per heavy atom. The van der Waals surface area contributed by atoms with Gasteiger partial charge in [-0.3, -0.25) is 9.48 Å². The minimum atomic E-state index is -2.64. The molecule has 1 fully saturated rings. The molecule has 112 valence electrons. The van der Waals surface area contributed by atoms with Crippen molar-refractivity contribution in [2.24, 2.45) is 0 Å². The first-order valence-electron chi connectivity index (χ1n) is 6.77. The Morgan fingerprint density at radius 2 is 2.20 bits per heavy atom. The lowest BCUT2D eigenvalue weighted by Crippen LogP contribution is -2.35. The molecule has 1 amide bonds. The quantitative estimate of drug-likeness (QED) is 0.855. The minimum absolute atomic E-state index is 0.0124. The van der Waals surface area contributed by atoms with Gasteiger partial charge in [-0.1, -0.05) is 6.92 Å². The van der Waals surface area contributed by atoms with Gasteiger partial charge in [0.25, 0.3) is 6.43 Å². The van der Waals surface area contributed by atoms with E-state index >= 15 is 0 Å². The monoisotopic (exact) mass is 349 g/mol. The predicted octanol–water partition coefficient (Wildman–Crippen LogP) is 3.38. The topological polar surface area (TPSA) is 46.9 Å². The molecule has 0 saturated heterocycles. The van der Waals surface area contributed by atoms with Gasteiger partial charge in [-0.15, -0.1) is 0 Å². The first-order chi connectivity index (χ1) is 9.43. The number of nitrogens with zero attached hydrogens (tertiary/aromatic N) is 2. The third-order valence-corrected chi connectivity index (χ3v) is 4.25. The average molecular weight is 350 g/mol. The van der Waals surface area contributed by atoms with Crippen LogP contribution in [0.1, 0.15) is 56.8 Å². The molecule has 1 saturated carbocycles. The Hall–Kier alpha value is -0.980. The molecule has 7 heteroatoms. The van der Waals surface area contributed by atoms with E-state index < -0.39 is 6.43 Å². The summed E-state index contributed by atoms with van der Waals surface area (Å²) in [4.78, 5) is 11.9. The van der Waals surface area contributed by atoms with Gasteiger partial charge in [-0.25, -0.2) is 8.78 Å². The van der Waals surface area contributed by atoms with E-state index in [1.165, 1.54) is 4.68 Å². The van der Waals surface area contributed by atoms with Crippen LogP contribution in [0.3, 0.4) is 0 Å². The van der Waals surface area contributed by atoms with Crippen LogP contribution in [0.4, 0.5) is 8.78 Å². The summed E-state index contributed by atoms with van der Waals surface area (Å²) in [6.07, 6.45) is 0.104. The second-order valence-corrected chi connectivity index (χ2v) is 5.99. The van der Waals surface area contributed by atoms with Crippen molar-refractivity contribution in [2.75, 3.05) is 0 Å². The van der Waals surface area contributed by atoms with Crippen molar-refractivity contribution in [1.29, 1.82) is 0 Å². The number of hydrogen-bond acceptors (Lipinski definition) is 2. The Bertz CT molecular complexity index is 500. The van der Waals surface area contributed by atoms with Crippen molar-refractivity contribution in [3.63, 3.8) is 0 Å². The summed E-state index contributed by atoms with van der Waals surface area (Å²) in [6, 6.07) is 0.0699. The number of nitrogens with one attached hydrogen (secondary N) is 1. The largest absolute Gasteiger partial charge is 0.352 e. The van der Waals surface area contributed by atoms with E-state index in [-0.39, 0.29) is 30.1 Å². The van der Waals surface area contributed by atoms with Crippen LogP contribution < -0.4 is 5.32 Å². The summed E-state index contributed by atoms with van der Waals surface area (Å²) < 4.78 is 27.6. The van der Waals surface area contributed by atoms with E-state index in [0.717, 1.165) is 25.0 Å². The van der Waals surface area contributed by atoms with Gasteiger partial charge in [-0.05, 0) is 42.1 Å². The summed E-state index contributed by atoms with van der Waals surface area (Å²) in [5.41, 5.74) is 0.447. The van der Waals surface area contributed by atoms with Gasteiger partial charge < -0.3 is 5.32 Å². The second kappa shape index (κ2) is 6.20. The highest BCUT2D eigenvalue weighted by molar-refractivity contribution is 9.10. The van der Waals surface area contributed by atoms with Crippen molar-refractivity contribution in [2.45, 2.75) is 58.0 Å². The van der Waals surface area contributed by atoms with Crippen molar-refractivity contribution >= 4 is 21.8 Å². The lowest BCUT2D eigenvalue weighted by molar-refractivity contribution is -0.122. The lowest BCUT2D eigenvalue weighted by atomic mass is 10.2. The van der Waals surface area contributed by atoms with Crippen LogP contribution in [-0.4, -0.2) is 21.7 Å². The summed E-state index contributed by atoms with van der Waals surface area (Å²) >= 11 is 3.20. The molecule has 1 aliphatic carbocycles. The summed E-state index contributed by atoms with van der Waals surface area (Å²) in [5, 5.41) is 6.72. The van der Waals surface area contributed by atoms with Crippen molar-refractivity contribution in [3.8, 4) is 0 Å². The minimum Gasteiger partial charge on any atom is -0.352 e. The molecule has 0 bridgehead atoms. The van der Waals surface area contributed by atoms with Gasteiger partial charge in [0.2, 0.25) is 5.91 Å². The number of aromatic nitrogens is 2. The van der Waals surface area contributed by atoms with Gasteiger partial charge in [0.05, 0.1) is 10.2 Å². The third kappa shape index (κ3) is 3.37. The molecule has 2 rings (SSSR count). The Labute approximate surface area is 125 Å². The van der Waals surface area contributed by atoms with Crippen LogP contribution in [0.5, 0.6) is 0 Å². The summed E-state index contributed by atoms with van der Waals surface area (Å²) in [6.45, 7) is 3.87. The van der Waals surface area contributed by atoms with Gasteiger partial charge in [-0.2, -0.15) is 5.10 Å². The molecule has 0 spiro atoms. The molecule has 4 nitrogen and oxygen atoms in total. The molecular formula is C13H18BrF2N3O. The number of alkyl halides is 2. The van der Waals surface area contributed by atoms with Crippen LogP contribution in [0.15, 0.2) is 4.47 Å². The highest BCUT2D eigenvalue weighted by Crippen LogP contribution is 2.45. The molecule has 1 unspecified atom stereocenters. The fourth-order valence-corrected chi connectivity index (χ4v) is 2.82. The zero-order valence-electron chi connectivity index (χ0n) is 11.5. The number of halogens is 3. The van der Waals surface area contributed by atoms with E-state index in [1.807, 2.05) is 13.8 Å². The van der Waals surface area contributed by atoms with Crippen LogP contribution in [-0.2, 0) is 11.3 Å². The average Bonchev–Trinajstić information content (AvgIpc) is 3.14. The van der Waals surface area contributed by atoms with Crippen LogP contribution in [0.2, 0.25) is 0 Å².